The maximum atomic E-state index is 11.8. The van der Waals surface area contributed by atoms with Crippen LogP contribution in [0.2, 0.25) is 0 Å². The molecule has 12 nitrogen and oxygen atoms in total. The fourth-order valence-electron chi connectivity index (χ4n) is 2.07. The second kappa shape index (κ2) is 13.5. The van der Waals surface area contributed by atoms with Crippen LogP contribution < -0.4 is 37.7 Å². The van der Waals surface area contributed by atoms with Crippen molar-refractivity contribution in [2.75, 3.05) is 0 Å². The van der Waals surface area contributed by atoms with Crippen LogP contribution in [0.15, 0.2) is 68.1 Å². The van der Waals surface area contributed by atoms with Crippen molar-refractivity contribution in [3.05, 3.63) is 48.5 Å². The van der Waals surface area contributed by atoms with Crippen molar-refractivity contribution < 1.29 is 115 Å². The van der Waals surface area contributed by atoms with Crippen LogP contribution in [0, 0.1) is 0 Å². The van der Waals surface area contributed by atoms with E-state index in [-0.39, 0.29) is 37.7 Å². The molecule has 0 radical (unpaired) electrons. The molecule has 2 aromatic rings. The van der Waals surface area contributed by atoms with Crippen LogP contribution >= 0.6 is 0 Å². The quantitative estimate of drug-likeness (QED) is 0.130. The van der Waals surface area contributed by atoms with E-state index in [0.29, 0.717) is 24.3 Å². The van der Waals surface area contributed by atoms with E-state index in [1.807, 2.05) is 0 Å². The standard InChI is InChI=1S/2C7H5F3O6S2.2Li/c2*8-7(9,10)16-18(14,15)6-4-2-1-3-5(6)17(11,12)13;;/h2*1-4H,(H,11,12,13);;/q;;2*+1/p-2. The second-order valence-electron chi connectivity index (χ2n) is 5.77. The molecular weight excluding hydrogens is 616 g/mol. The molecule has 0 saturated carbocycles. The van der Waals surface area contributed by atoms with Gasteiger partial charge in [-0.1, -0.05) is 24.3 Å². The first kappa shape index (κ1) is 39.0. The monoisotopic (exact) mass is 624 g/mol. The molecule has 2 aromatic carbocycles. The van der Waals surface area contributed by atoms with E-state index < -0.39 is 72.8 Å². The summed E-state index contributed by atoms with van der Waals surface area (Å²) in [5.74, 6) is 0. The van der Waals surface area contributed by atoms with Crippen molar-refractivity contribution in [3.63, 3.8) is 0 Å². The van der Waals surface area contributed by atoms with Gasteiger partial charge in [-0.3, -0.25) is 0 Å². The minimum atomic E-state index is -5.53. The molecule has 0 atom stereocenters. The summed E-state index contributed by atoms with van der Waals surface area (Å²) in [6.07, 6.45) is -11.1. The molecule has 0 bridgehead atoms. The molecule has 0 saturated heterocycles. The Bertz CT molecular complexity index is 1420. The van der Waals surface area contributed by atoms with Crippen molar-refractivity contribution in [3.8, 4) is 0 Å². The van der Waals surface area contributed by atoms with Crippen LogP contribution in [0.25, 0.3) is 0 Å². The summed E-state index contributed by atoms with van der Waals surface area (Å²) in [4.78, 5) is -5.35. The molecule has 38 heavy (non-hydrogen) atoms. The molecular formula is C14H8F6Li2O12S4. The van der Waals surface area contributed by atoms with Gasteiger partial charge in [0.05, 0.1) is 9.79 Å². The van der Waals surface area contributed by atoms with Gasteiger partial charge >= 0.3 is 70.7 Å². The smallest absolute Gasteiger partial charge is 0.744 e. The minimum absolute atomic E-state index is 0. The first-order valence-electron chi connectivity index (χ1n) is 8.01. The SMILES string of the molecule is O=S(=O)([O-])c1ccccc1S(=O)(=O)OC(F)(F)F.O=S(=O)([O-])c1ccccc1S(=O)(=O)OC(F)(F)F.[Li+].[Li+]. The molecule has 0 unspecified atom stereocenters. The van der Waals surface area contributed by atoms with Crippen LogP contribution in [0.5, 0.6) is 0 Å². The summed E-state index contributed by atoms with van der Waals surface area (Å²) in [7, 11) is -21.4. The minimum Gasteiger partial charge on any atom is -0.744 e. The Kier molecular flexibility index (Phi) is 13.8. The summed E-state index contributed by atoms with van der Waals surface area (Å²) in [5.41, 5.74) is 0. The van der Waals surface area contributed by atoms with Gasteiger partial charge in [-0.05, 0) is 24.3 Å². The van der Waals surface area contributed by atoms with E-state index in [1.54, 1.807) is 0 Å². The number of benzene rings is 2. The van der Waals surface area contributed by atoms with Crippen molar-refractivity contribution in [2.24, 2.45) is 0 Å². The molecule has 0 amide bonds. The van der Waals surface area contributed by atoms with Gasteiger partial charge in [0.1, 0.15) is 30.0 Å². The molecule has 2 rings (SSSR count). The van der Waals surface area contributed by atoms with E-state index in [4.69, 9.17) is 0 Å². The van der Waals surface area contributed by atoms with E-state index in [2.05, 4.69) is 8.37 Å². The van der Waals surface area contributed by atoms with Gasteiger partial charge in [0.15, 0.2) is 0 Å². The van der Waals surface area contributed by atoms with E-state index >= 15 is 0 Å². The van der Waals surface area contributed by atoms with E-state index in [1.165, 1.54) is 0 Å². The third kappa shape index (κ3) is 12.4. The second-order valence-corrected chi connectivity index (χ2v) is 11.5. The molecule has 204 valence electrons. The third-order valence-electron chi connectivity index (χ3n) is 3.18. The molecule has 24 heteroatoms. The molecule has 0 aliphatic carbocycles. The first-order chi connectivity index (χ1) is 15.9. The zero-order chi connectivity index (χ0) is 28.4. The summed E-state index contributed by atoms with van der Waals surface area (Å²) >= 11 is 0. The average Bonchev–Trinajstić information content (AvgIpc) is 2.63. The van der Waals surface area contributed by atoms with Crippen LogP contribution in [-0.4, -0.2) is 55.5 Å². The van der Waals surface area contributed by atoms with Gasteiger partial charge in [0, 0.05) is 0 Å². The number of rotatable bonds is 6. The van der Waals surface area contributed by atoms with E-state index in [9.17, 15) is 69.1 Å². The van der Waals surface area contributed by atoms with Crippen molar-refractivity contribution in [2.45, 2.75) is 32.3 Å². The molecule has 0 aliphatic heterocycles. The number of hydrogen-bond acceptors (Lipinski definition) is 12. The largest absolute Gasteiger partial charge is 1.00 e. The Balaban J connectivity index is 0. The molecule has 0 fully saturated rings. The topological polar surface area (TPSA) is 201 Å². The van der Waals surface area contributed by atoms with Gasteiger partial charge in [-0.25, -0.2) is 16.8 Å². The zero-order valence-electron chi connectivity index (χ0n) is 18.4. The summed E-state index contributed by atoms with van der Waals surface area (Å²) in [5, 5.41) is 0. The average molecular weight is 624 g/mol. The molecule has 0 aliphatic rings. The van der Waals surface area contributed by atoms with Crippen molar-refractivity contribution in [1.29, 1.82) is 0 Å². The zero-order valence-corrected chi connectivity index (χ0v) is 21.7. The van der Waals surface area contributed by atoms with Crippen molar-refractivity contribution >= 4 is 40.5 Å². The van der Waals surface area contributed by atoms with Gasteiger partial charge in [-0.15, -0.1) is 26.3 Å². The first-order valence-corrected chi connectivity index (χ1v) is 13.6. The third-order valence-corrected chi connectivity index (χ3v) is 7.84. The van der Waals surface area contributed by atoms with E-state index in [0.717, 1.165) is 24.3 Å². The van der Waals surface area contributed by atoms with Gasteiger partial charge in [0.2, 0.25) is 0 Å². The Labute approximate surface area is 235 Å². The maximum Gasteiger partial charge on any atom is 1.00 e. The van der Waals surface area contributed by atoms with Crippen LogP contribution in [0.1, 0.15) is 0 Å². The number of halogens is 6. The Morgan fingerprint density at radius 2 is 0.711 bits per heavy atom. The molecule has 0 aromatic heterocycles. The Morgan fingerprint density at radius 3 is 0.895 bits per heavy atom. The molecule has 0 N–H and O–H groups in total. The molecule has 0 heterocycles. The number of hydrogen-bond donors (Lipinski definition) is 0. The fourth-order valence-corrected chi connectivity index (χ4v) is 6.21. The normalized spacial score (nSPS) is 12.8. The Hall–Kier alpha value is -1.15. The van der Waals surface area contributed by atoms with Gasteiger partial charge < -0.3 is 9.11 Å². The molecule has 0 spiro atoms. The van der Waals surface area contributed by atoms with Gasteiger partial charge in [-0.2, -0.15) is 25.2 Å². The summed E-state index contributed by atoms with van der Waals surface area (Å²) in [6, 6.07) is 6.03. The maximum absolute atomic E-state index is 11.8. The van der Waals surface area contributed by atoms with Crippen LogP contribution in [0.3, 0.4) is 0 Å². The van der Waals surface area contributed by atoms with Crippen LogP contribution in [0.4, 0.5) is 26.3 Å². The number of alkyl halides is 6. The Morgan fingerprint density at radius 1 is 0.500 bits per heavy atom. The predicted octanol–water partition coefficient (Wildman–Crippen LogP) is -4.36. The van der Waals surface area contributed by atoms with Gasteiger partial charge in [0.25, 0.3) is 0 Å². The van der Waals surface area contributed by atoms with Crippen LogP contribution in [-0.2, 0) is 48.8 Å². The summed E-state index contributed by atoms with van der Waals surface area (Å²) in [6.45, 7) is 0. The summed E-state index contributed by atoms with van der Waals surface area (Å²) < 4.78 is 186. The van der Waals surface area contributed by atoms with Crippen molar-refractivity contribution in [1.82, 2.24) is 0 Å². The fraction of sp³-hybridized carbons (Fsp3) is 0.143. The predicted molar refractivity (Wildman–Crippen MR) is 97.5 cm³/mol.